The van der Waals surface area contributed by atoms with Crippen molar-refractivity contribution in [2.45, 2.75) is 38.4 Å². The van der Waals surface area contributed by atoms with Crippen molar-refractivity contribution in [3.8, 4) is 0 Å². The maximum Gasteiger partial charge on any atom is 0.412 e. The monoisotopic (exact) mass is 278 g/mol. The second-order valence-corrected chi connectivity index (χ2v) is 6.33. The average molecular weight is 278 g/mol. The zero-order valence-electron chi connectivity index (χ0n) is 12.2. The second kappa shape index (κ2) is 5.42. The van der Waals surface area contributed by atoms with Gasteiger partial charge in [-0.15, -0.1) is 0 Å². The van der Waals surface area contributed by atoms with E-state index in [-0.39, 0.29) is 0 Å². The molecule has 0 saturated carbocycles. The Hall–Kier alpha value is -1.59. The maximum absolute atomic E-state index is 11.7. The van der Waals surface area contributed by atoms with Crippen molar-refractivity contribution >= 4 is 11.8 Å². The van der Waals surface area contributed by atoms with E-state index in [0.29, 0.717) is 25.2 Å². The highest BCUT2D eigenvalue weighted by Crippen LogP contribution is 2.20. The van der Waals surface area contributed by atoms with Gasteiger partial charge in [-0.05, 0) is 38.5 Å². The van der Waals surface area contributed by atoms with Crippen molar-refractivity contribution in [3.63, 3.8) is 0 Å². The smallest absolute Gasteiger partial charge is 0.412 e. The van der Waals surface area contributed by atoms with Gasteiger partial charge in [-0.2, -0.15) is 0 Å². The summed E-state index contributed by atoms with van der Waals surface area (Å²) in [6.45, 7) is 6.68. The fourth-order valence-electron chi connectivity index (χ4n) is 2.10. The predicted molar refractivity (Wildman–Crippen MR) is 77.8 cm³/mol. The Morgan fingerprint density at radius 3 is 2.70 bits per heavy atom. The van der Waals surface area contributed by atoms with Crippen molar-refractivity contribution in [1.29, 1.82) is 0 Å². The standard InChI is InChI=1S/C15H22N2O3/c1-14(2,3)20-13(18)17-12-6-4-5-11(7-12)8-15(19)9-16-10-15/h4-7,16,19H,8-10H2,1-3H3,(H,17,18). The number of rotatable bonds is 3. The molecular formula is C15H22N2O3. The molecule has 5 heteroatoms. The number of anilines is 1. The number of ether oxygens (including phenoxy) is 1. The van der Waals surface area contributed by atoms with Crippen LogP contribution in [0.2, 0.25) is 0 Å². The molecule has 2 rings (SSSR count). The molecule has 110 valence electrons. The minimum Gasteiger partial charge on any atom is -0.444 e. The molecule has 1 aliphatic heterocycles. The van der Waals surface area contributed by atoms with Gasteiger partial charge in [-0.25, -0.2) is 4.79 Å². The summed E-state index contributed by atoms with van der Waals surface area (Å²) in [6, 6.07) is 7.46. The van der Waals surface area contributed by atoms with Gasteiger partial charge in [-0.3, -0.25) is 5.32 Å². The lowest BCUT2D eigenvalue weighted by atomic mass is 9.89. The highest BCUT2D eigenvalue weighted by atomic mass is 16.6. The van der Waals surface area contributed by atoms with Crippen LogP contribution in [0.1, 0.15) is 26.3 Å². The lowest BCUT2D eigenvalue weighted by molar-refractivity contribution is -0.00900. The van der Waals surface area contributed by atoms with Gasteiger partial charge in [0.25, 0.3) is 0 Å². The van der Waals surface area contributed by atoms with Crippen molar-refractivity contribution in [2.24, 2.45) is 0 Å². The highest BCUT2D eigenvalue weighted by molar-refractivity contribution is 5.84. The summed E-state index contributed by atoms with van der Waals surface area (Å²) in [7, 11) is 0. The van der Waals surface area contributed by atoms with Crippen LogP contribution < -0.4 is 10.6 Å². The zero-order valence-corrected chi connectivity index (χ0v) is 12.2. The van der Waals surface area contributed by atoms with Crippen molar-refractivity contribution in [1.82, 2.24) is 5.32 Å². The number of hydrogen-bond acceptors (Lipinski definition) is 4. The molecule has 0 unspecified atom stereocenters. The van der Waals surface area contributed by atoms with Gasteiger partial charge in [0.1, 0.15) is 5.60 Å². The summed E-state index contributed by atoms with van der Waals surface area (Å²) < 4.78 is 5.21. The third-order valence-corrected chi connectivity index (χ3v) is 3.01. The fourth-order valence-corrected chi connectivity index (χ4v) is 2.10. The van der Waals surface area contributed by atoms with E-state index in [4.69, 9.17) is 4.74 Å². The zero-order chi connectivity index (χ0) is 14.8. The molecule has 1 aromatic rings. The molecule has 0 bridgehead atoms. The maximum atomic E-state index is 11.7. The van der Waals surface area contributed by atoms with E-state index in [2.05, 4.69) is 10.6 Å². The first-order chi connectivity index (χ1) is 9.26. The number of hydrogen-bond donors (Lipinski definition) is 3. The van der Waals surface area contributed by atoms with Gasteiger partial charge in [0.2, 0.25) is 0 Å². The Morgan fingerprint density at radius 1 is 1.45 bits per heavy atom. The second-order valence-electron chi connectivity index (χ2n) is 6.33. The van der Waals surface area contributed by atoms with E-state index in [1.54, 1.807) is 6.07 Å². The van der Waals surface area contributed by atoms with Gasteiger partial charge in [0, 0.05) is 25.2 Å². The van der Waals surface area contributed by atoms with E-state index >= 15 is 0 Å². The van der Waals surface area contributed by atoms with Gasteiger partial charge in [0.15, 0.2) is 0 Å². The summed E-state index contributed by atoms with van der Waals surface area (Å²) in [6.07, 6.45) is 0.0998. The molecule has 0 spiro atoms. The first-order valence-electron chi connectivity index (χ1n) is 6.78. The summed E-state index contributed by atoms with van der Waals surface area (Å²) in [4.78, 5) is 11.7. The van der Waals surface area contributed by atoms with Gasteiger partial charge >= 0.3 is 6.09 Å². The van der Waals surface area contributed by atoms with Crippen LogP contribution in [0.4, 0.5) is 10.5 Å². The van der Waals surface area contributed by atoms with Crippen molar-refractivity contribution in [2.75, 3.05) is 18.4 Å². The molecule has 1 heterocycles. The highest BCUT2D eigenvalue weighted by Gasteiger charge is 2.34. The number of amides is 1. The van der Waals surface area contributed by atoms with Crippen molar-refractivity contribution in [3.05, 3.63) is 29.8 Å². The number of carbonyl (C=O) groups excluding carboxylic acids is 1. The van der Waals surface area contributed by atoms with Gasteiger partial charge in [0.05, 0.1) is 5.60 Å². The normalized spacial score (nSPS) is 17.2. The molecule has 20 heavy (non-hydrogen) atoms. The Balaban J connectivity index is 1.97. The number of nitrogens with one attached hydrogen (secondary N) is 2. The van der Waals surface area contributed by atoms with Crippen LogP contribution in [0.5, 0.6) is 0 Å². The van der Waals surface area contributed by atoms with E-state index in [1.165, 1.54) is 0 Å². The summed E-state index contributed by atoms with van der Waals surface area (Å²) in [5.74, 6) is 0. The lowest BCUT2D eigenvalue weighted by Crippen LogP contribution is -2.60. The minimum atomic E-state index is -0.662. The minimum absolute atomic E-state index is 0.473. The molecule has 1 amide bonds. The van der Waals surface area contributed by atoms with Gasteiger partial charge < -0.3 is 15.2 Å². The van der Waals surface area contributed by atoms with Crippen LogP contribution in [-0.2, 0) is 11.2 Å². The van der Waals surface area contributed by atoms with Gasteiger partial charge in [-0.1, -0.05) is 12.1 Å². The molecule has 1 saturated heterocycles. The SMILES string of the molecule is CC(C)(C)OC(=O)Nc1cccc(CC2(O)CNC2)c1. The number of benzene rings is 1. The van der Waals surface area contributed by atoms with E-state index in [0.717, 1.165) is 5.56 Å². The average Bonchev–Trinajstić information content (AvgIpc) is 2.24. The summed E-state index contributed by atoms with van der Waals surface area (Å²) >= 11 is 0. The molecule has 0 atom stereocenters. The van der Waals surface area contributed by atoms with Crippen LogP contribution >= 0.6 is 0 Å². The van der Waals surface area contributed by atoms with E-state index in [9.17, 15) is 9.90 Å². The number of β-amino-alcohol motifs (C(OH)–C–C–N with tert-alkyl or cyclic N) is 1. The van der Waals surface area contributed by atoms with Crippen LogP contribution in [0.3, 0.4) is 0 Å². The molecule has 0 aliphatic carbocycles. The third kappa shape index (κ3) is 4.21. The molecule has 1 aromatic carbocycles. The van der Waals surface area contributed by atoms with E-state index in [1.807, 2.05) is 39.0 Å². The number of aliphatic hydroxyl groups is 1. The summed E-state index contributed by atoms with van der Waals surface area (Å²) in [5, 5.41) is 15.9. The topological polar surface area (TPSA) is 70.6 Å². The van der Waals surface area contributed by atoms with Crippen LogP contribution in [0.25, 0.3) is 0 Å². The fraction of sp³-hybridized carbons (Fsp3) is 0.533. The first-order valence-corrected chi connectivity index (χ1v) is 6.78. The Morgan fingerprint density at radius 2 is 2.15 bits per heavy atom. The Labute approximate surface area is 119 Å². The van der Waals surface area contributed by atoms with Crippen LogP contribution in [0.15, 0.2) is 24.3 Å². The quantitative estimate of drug-likeness (QED) is 0.790. The largest absolute Gasteiger partial charge is 0.444 e. The van der Waals surface area contributed by atoms with Crippen LogP contribution in [-0.4, -0.2) is 35.5 Å². The molecule has 3 N–H and O–H groups in total. The van der Waals surface area contributed by atoms with Crippen molar-refractivity contribution < 1.29 is 14.6 Å². The summed E-state index contributed by atoms with van der Waals surface area (Å²) in [5.41, 5.74) is 0.481. The molecule has 1 fully saturated rings. The van der Waals surface area contributed by atoms with Crippen LogP contribution in [0, 0.1) is 0 Å². The Bertz CT molecular complexity index is 490. The molecule has 1 aliphatic rings. The molecule has 0 radical (unpaired) electrons. The Kier molecular flexibility index (Phi) is 4.01. The molecular weight excluding hydrogens is 256 g/mol. The molecule has 0 aromatic heterocycles. The number of carbonyl (C=O) groups is 1. The lowest BCUT2D eigenvalue weighted by Gasteiger charge is -2.37. The first kappa shape index (κ1) is 14.8. The van der Waals surface area contributed by atoms with E-state index < -0.39 is 17.3 Å². The predicted octanol–water partition coefficient (Wildman–Crippen LogP) is 1.91. The molecule has 5 nitrogen and oxygen atoms in total. The third-order valence-electron chi connectivity index (χ3n) is 3.01.